The van der Waals surface area contributed by atoms with Crippen LogP contribution in [0.15, 0.2) is 76.3 Å². The number of allylic oxidation sites excluding steroid dienone is 1. The van der Waals surface area contributed by atoms with E-state index in [1.54, 1.807) is 12.1 Å². The Morgan fingerprint density at radius 1 is 0.968 bits per heavy atom. The molecule has 7 nitrogen and oxygen atoms in total. The number of rotatable bonds is 3. The van der Waals surface area contributed by atoms with Gasteiger partial charge in [-0.3, -0.25) is 0 Å². The molecule has 31 heavy (non-hydrogen) atoms. The van der Waals surface area contributed by atoms with Crippen LogP contribution in [0.5, 0.6) is 0 Å². The van der Waals surface area contributed by atoms with Crippen molar-refractivity contribution in [2.45, 2.75) is 37.1 Å². The van der Waals surface area contributed by atoms with Crippen LogP contribution in [0.25, 0.3) is 16.7 Å². The zero-order valence-electron chi connectivity index (χ0n) is 17.1. The SMILES string of the molecule is C=C(C)C1(n2[nH]c(=O)n(-c3ccccc3)c2=O)[C@@H]2CC[C@H]1c1nc3ccccc3nc12. The monoisotopic (exact) mass is 411 g/mol. The summed E-state index contributed by atoms with van der Waals surface area (Å²) in [6.45, 7) is 6.22. The van der Waals surface area contributed by atoms with E-state index in [1.807, 2.05) is 49.4 Å². The Labute approximate surface area is 177 Å². The molecule has 6 rings (SSSR count). The molecule has 0 radical (unpaired) electrons. The predicted octanol–water partition coefficient (Wildman–Crippen LogP) is 3.22. The maximum atomic E-state index is 13.6. The second-order valence-electron chi connectivity index (χ2n) is 8.48. The van der Waals surface area contributed by atoms with Crippen molar-refractivity contribution in [1.82, 2.24) is 24.3 Å². The summed E-state index contributed by atoms with van der Waals surface area (Å²) in [5, 5.41) is 2.85. The largest absolute Gasteiger partial charge is 0.352 e. The molecule has 0 spiro atoms. The van der Waals surface area contributed by atoms with E-state index in [1.165, 1.54) is 9.25 Å². The van der Waals surface area contributed by atoms with E-state index in [0.29, 0.717) is 5.69 Å². The summed E-state index contributed by atoms with van der Waals surface area (Å²) in [6.07, 6.45) is 1.73. The van der Waals surface area contributed by atoms with Gasteiger partial charge in [-0.2, -0.15) is 0 Å². The highest BCUT2D eigenvalue weighted by atomic mass is 16.2. The van der Waals surface area contributed by atoms with Crippen molar-refractivity contribution in [2.75, 3.05) is 0 Å². The van der Waals surface area contributed by atoms with E-state index in [2.05, 4.69) is 11.7 Å². The minimum atomic E-state index is -0.782. The van der Waals surface area contributed by atoms with Gasteiger partial charge in [0, 0.05) is 11.8 Å². The van der Waals surface area contributed by atoms with Crippen LogP contribution >= 0.6 is 0 Å². The Hall–Kier alpha value is -3.74. The molecule has 1 unspecified atom stereocenters. The van der Waals surface area contributed by atoms with Crippen molar-refractivity contribution in [3.8, 4) is 5.69 Å². The quantitative estimate of drug-likeness (QED) is 0.525. The summed E-state index contributed by atoms with van der Waals surface area (Å²) in [6, 6.07) is 16.8. The average molecular weight is 411 g/mol. The number of hydrogen-bond acceptors (Lipinski definition) is 4. The first-order chi connectivity index (χ1) is 15.0. The van der Waals surface area contributed by atoms with Gasteiger partial charge in [-0.15, -0.1) is 0 Å². The summed E-state index contributed by atoms with van der Waals surface area (Å²) in [7, 11) is 0. The van der Waals surface area contributed by atoms with E-state index in [0.717, 1.165) is 40.8 Å². The van der Waals surface area contributed by atoms with Gasteiger partial charge < -0.3 is 0 Å². The number of fused-ring (bicyclic) bond motifs is 6. The smallest absolute Gasteiger partial charge is 0.249 e. The zero-order chi connectivity index (χ0) is 21.3. The standard InChI is InChI=1S/C24H21N5O2/c1-14(2)24(29-23(31)28(22(30)27-29)15-8-4-3-5-9-15)16-12-13-17(24)21-20(16)25-18-10-6-7-11-19(18)26-21/h3-11,16-17H,1,12-13H2,2H3,(H,27,30)/t16-,17+,24?. The summed E-state index contributed by atoms with van der Waals surface area (Å²) in [4.78, 5) is 36.4. The van der Waals surface area contributed by atoms with E-state index in [9.17, 15) is 9.59 Å². The van der Waals surface area contributed by atoms with Gasteiger partial charge in [-0.05, 0) is 44.0 Å². The third kappa shape index (κ3) is 2.18. The highest BCUT2D eigenvalue weighted by molar-refractivity contribution is 5.75. The normalized spacial score (nSPS) is 23.9. The minimum Gasteiger partial charge on any atom is -0.249 e. The first kappa shape index (κ1) is 18.1. The fourth-order valence-corrected chi connectivity index (χ4v) is 5.78. The van der Waals surface area contributed by atoms with Crippen LogP contribution in [0.1, 0.15) is 43.0 Å². The molecular formula is C24H21N5O2. The minimum absolute atomic E-state index is 0.0675. The summed E-state index contributed by atoms with van der Waals surface area (Å²) in [5.41, 5.74) is 3.24. The van der Waals surface area contributed by atoms with Gasteiger partial charge in [-0.25, -0.2) is 33.9 Å². The van der Waals surface area contributed by atoms with Crippen molar-refractivity contribution in [3.05, 3.63) is 99.1 Å². The lowest BCUT2D eigenvalue weighted by Gasteiger charge is -2.34. The first-order valence-electron chi connectivity index (χ1n) is 10.5. The Kier molecular flexibility index (Phi) is 3.57. The van der Waals surface area contributed by atoms with Crippen LogP contribution < -0.4 is 11.4 Å². The summed E-state index contributed by atoms with van der Waals surface area (Å²) in [5.74, 6) is -0.135. The summed E-state index contributed by atoms with van der Waals surface area (Å²) < 4.78 is 2.69. The van der Waals surface area contributed by atoms with Crippen LogP contribution in [0.4, 0.5) is 0 Å². The number of H-pyrrole nitrogens is 1. The lowest BCUT2D eigenvalue weighted by molar-refractivity contribution is 0.267. The molecule has 0 saturated heterocycles. The van der Waals surface area contributed by atoms with Crippen LogP contribution in [0.3, 0.4) is 0 Å². The van der Waals surface area contributed by atoms with E-state index >= 15 is 0 Å². The van der Waals surface area contributed by atoms with Crippen LogP contribution in [-0.2, 0) is 5.54 Å². The van der Waals surface area contributed by atoms with Crippen LogP contribution in [0, 0.1) is 0 Å². The fraction of sp³-hybridized carbons (Fsp3) is 0.250. The molecule has 1 N–H and O–H groups in total. The topological polar surface area (TPSA) is 85.6 Å². The number of aromatic amines is 1. The zero-order valence-corrected chi connectivity index (χ0v) is 17.1. The number of aromatic nitrogens is 5. The van der Waals surface area contributed by atoms with Gasteiger partial charge in [0.15, 0.2) is 0 Å². The molecule has 2 aromatic carbocycles. The summed E-state index contributed by atoms with van der Waals surface area (Å²) >= 11 is 0. The van der Waals surface area contributed by atoms with E-state index in [-0.39, 0.29) is 11.8 Å². The number of hydrogen-bond donors (Lipinski definition) is 1. The van der Waals surface area contributed by atoms with Gasteiger partial charge >= 0.3 is 11.4 Å². The lowest BCUT2D eigenvalue weighted by Crippen LogP contribution is -2.45. The Morgan fingerprint density at radius 2 is 1.52 bits per heavy atom. The third-order valence-electron chi connectivity index (χ3n) is 6.95. The van der Waals surface area contributed by atoms with Crippen molar-refractivity contribution < 1.29 is 0 Å². The number of nitrogens with one attached hydrogen (secondary N) is 1. The van der Waals surface area contributed by atoms with Crippen molar-refractivity contribution in [2.24, 2.45) is 0 Å². The molecule has 3 atom stereocenters. The van der Waals surface area contributed by atoms with Gasteiger partial charge in [0.05, 0.1) is 28.1 Å². The molecule has 4 aromatic rings. The predicted molar refractivity (Wildman–Crippen MR) is 118 cm³/mol. The van der Waals surface area contributed by atoms with Gasteiger partial charge in [0.2, 0.25) is 0 Å². The third-order valence-corrected chi connectivity index (χ3v) is 6.95. The highest BCUT2D eigenvalue weighted by Gasteiger charge is 2.62. The molecule has 1 saturated carbocycles. The number of para-hydroxylation sites is 3. The number of benzene rings is 2. The van der Waals surface area contributed by atoms with Gasteiger partial charge in [0.1, 0.15) is 5.54 Å². The second-order valence-corrected chi connectivity index (χ2v) is 8.48. The second kappa shape index (κ2) is 6.14. The molecule has 1 fully saturated rings. The van der Waals surface area contributed by atoms with E-state index in [4.69, 9.17) is 9.97 Å². The Balaban J connectivity index is 1.62. The Morgan fingerprint density at radius 3 is 2.06 bits per heavy atom. The fourth-order valence-electron chi connectivity index (χ4n) is 5.78. The lowest BCUT2D eigenvalue weighted by atomic mass is 9.80. The van der Waals surface area contributed by atoms with Gasteiger partial charge in [-0.1, -0.05) is 42.5 Å². The van der Waals surface area contributed by atoms with E-state index < -0.39 is 16.9 Å². The van der Waals surface area contributed by atoms with Crippen molar-refractivity contribution in [1.29, 1.82) is 0 Å². The molecule has 0 aliphatic heterocycles. The molecule has 2 heterocycles. The molecule has 7 heteroatoms. The maximum Gasteiger partial charge on any atom is 0.352 e. The van der Waals surface area contributed by atoms with Crippen molar-refractivity contribution in [3.63, 3.8) is 0 Å². The highest BCUT2D eigenvalue weighted by Crippen LogP contribution is 2.64. The average Bonchev–Trinajstić information content (AvgIpc) is 3.39. The Bertz CT molecular complexity index is 1430. The first-order valence-corrected chi connectivity index (χ1v) is 10.5. The molecule has 2 bridgehead atoms. The van der Waals surface area contributed by atoms with Crippen LogP contribution in [0.2, 0.25) is 0 Å². The molecular weight excluding hydrogens is 390 g/mol. The molecule has 154 valence electrons. The molecule has 2 aromatic heterocycles. The molecule has 0 amide bonds. The molecule has 2 aliphatic carbocycles. The molecule has 2 aliphatic rings. The van der Waals surface area contributed by atoms with Gasteiger partial charge in [0.25, 0.3) is 0 Å². The maximum absolute atomic E-state index is 13.6. The number of nitrogens with zero attached hydrogens (tertiary/aromatic N) is 4. The van der Waals surface area contributed by atoms with Crippen molar-refractivity contribution >= 4 is 11.0 Å². The van der Waals surface area contributed by atoms with Crippen LogP contribution in [-0.4, -0.2) is 24.3 Å².